The number of carbonyl (C=O) groups excluding carboxylic acids is 1. The molecule has 110 valence electrons. The second-order valence-electron chi connectivity index (χ2n) is 6.06. The Balaban J connectivity index is 1.52. The van der Waals surface area contributed by atoms with Gasteiger partial charge in [-0.3, -0.25) is 9.69 Å². The minimum absolute atomic E-state index is 0.113. The summed E-state index contributed by atoms with van der Waals surface area (Å²) in [6.07, 6.45) is 0. The largest absolute Gasteiger partial charge is 0.348 e. The number of amides is 1. The monoisotopic (exact) mass is 293 g/mol. The van der Waals surface area contributed by atoms with Gasteiger partial charge in [-0.25, -0.2) is 0 Å². The van der Waals surface area contributed by atoms with Crippen LogP contribution in [0, 0.1) is 11.8 Å². The van der Waals surface area contributed by atoms with Crippen LogP contribution in [-0.4, -0.2) is 43.0 Å². The van der Waals surface area contributed by atoms with Gasteiger partial charge in [0, 0.05) is 17.5 Å². The van der Waals surface area contributed by atoms with E-state index in [9.17, 15) is 4.79 Å². The molecular formula is C15H23N3OS. The number of hydrogen-bond acceptors (Lipinski definition) is 4. The summed E-state index contributed by atoms with van der Waals surface area (Å²) in [5, 5.41) is 8.61. The lowest BCUT2D eigenvalue weighted by Crippen LogP contribution is -2.41. The number of thiophene rings is 1. The zero-order valence-corrected chi connectivity index (χ0v) is 13.0. The fourth-order valence-electron chi connectivity index (χ4n) is 3.54. The molecule has 4 unspecified atom stereocenters. The maximum absolute atomic E-state index is 12.2. The number of nitrogens with one attached hydrogen (secondary N) is 2. The molecule has 1 aromatic rings. The molecule has 5 heteroatoms. The van der Waals surface area contributed by atoms with Gasteiger partial charge in [0.05, 0.1) is 12.6 Å². The van der Waals surface area contributed by atoms with E-state index in [2.05, 4.69) is 40.8 Å². The molecular weight excluding hydrogens is 270 g/mol. The van der Waals surface area contributed by atoms with Crippen LogP contribution in [-0.2, 0) is 4.79 Å². The third kappa shape index (κ3) is 2.75. The highest BCUT2D eigenvalue weighted by Crippen LogP contribution is 2.31. The summed E-state index contributed by atoms with van der Waals surface area (Å²) in [7, 11) is 0. The number of carbonyl (C=O) groups is 1. The van der Waals surface area contributed by atoms with Crippen LogP contribution in [0.25, 0.3) is 0 Å². The van der Waals surface area contributed by atoms with E-state index in [-0.39, 0.29) is 11.9 Å². The van der Waals surface area contributed by atoms with Gasteiger partial charge >= 0.3 is 0 Å². The van der Waals surface area contributed by atoms with Crippen molar-refractivity contribution in [3.63, 3.8) is 0 Å². The predicted molar refractivity (Wildman–Crippen MR) is 81.8 cm³/mol. The molecule has 0 aliphatic carbocycles. The third-order valence-electron chi connectivity index (χ3n) is 4.75. The summed E-state index contributed by atoms with van der Waals surface area (Å²) in [5.41, 5.74) is 0. The smallest absolute Gasteiger partial charge is 0.234 e. The molecule has 0 saturated carbocycles. The van der Waals surface area contributed by atoms with Crippen LogP contribution in [0.3, 0.4) is 0 Å². The van der Waals surface area contributed by atoms with Gasteiger partial charge in [-0.15, -0.1) is 11.3 Å². The molecule has 3 rings (SSSR count). The number of nitrogens with zero attached hydrogens (tertiary/aromatic N) is 1. The van der Waals surface area contributed by atoms with Gasteiger partial charge in [-0.1, -0.05) is 6.07 Å². The minimum Gasteiger partial charge on any atom is -0.348 e. The van der Waals surface area contributed by atoms with Gasteiger partial charge in [0.1, 0.15) is 0 Å². The van der Waals surface area contributed by atoms with Crippen molar-refractivity contribution in [1.29, 1.82) is 0 Å². The Kier molecular flexibility index (Phi) is 4.10. The maximum Gasteiger partial charge on any atom is 0.234 e. The van der Waals surface area contributed by atoms with Crippen LogP contribution >= 0.6 is 11.3 Å². The lowest BCUT2D eigenvalue weighted by atomic mass is 9.95. The first-order valence-electron chi connectivity index (χ1n) is 7.42. The topological polar surface area (TPSA) is 44.4 Å². The number of fused-ring (bicyclic) bond motifs is 1. The fraction of sp³-hybridized carbons (Fsp3) is 0.667. The molecule has 0 aromatic carbocycles. The van der Waals surface area contributed by atoms with Crippen molar-refractivity contribution in [3.05, 3.63) is 22.4 Å². The Hall–Kier alpha value is -0.910. The molecule has 3 heterocycles. The number of likely N-dealkylation sites (tertiary alicyclic amines) is 1. The van der Waals surface area contributed by atoms with Crippen LogP contribution in [0.5, 0.6) is 0 Å². The Bertz CT molecular complexity index is 462. The zero-order valence-electron chi connectivity index (χ0n) is 12.1. The van der Waals surface area contributed by atoms with Crippen molar-refractivity contribution >= 4 is 17.2 Å². The molecule has 2 N–H and O–H groups in total. The van der Waals surface area contributed by atoms with Gasteiger partial charge in [0.15, 0.2) is 0 Å². The first-order chi connectivity index (χ1) is 9.65. The standard InChI is InChI=1S/C15H23N3OS/c1-10(14-4-3-5-20-14)17-15(19)9-18-8-12-6-16-7-13(12)11(18)2/h3-5,10-13,16H,6-9H2,1-2H3,(H,17,19). The van der Waals surface area contributed by atoms with E-state index in [1.807, 2.05) is 6.07 Å². The summed E-state index contributed by atoms with van der Waals surface area (Å²) in [6, 6.07) is 4.73. The van der Waals surface area contributed by atoms with E-state index in [0.29, 0.717) is 12.6 Å². The summed E-state index contributed by atoms with van der Waals surface area (Å²) in [6.45, 7) is 8.11. The van der Waals surface area contributed by atoms with E-state index in [1.54, 1.807) is 11.3 Å². The third-order valence-corrected chi connectivity index (χ3v) is 5.81. The molecule has 0 spiro atoms. The van der Waals surface area contributed by atoms with Gasteiger partial charge in [-0.05, 0) is 50.2 Å². The molecule has 20 heavy (non-hydrogen) atoms. The highest BCUT2D eigenvalue weighted by Gasteiger charge is 2.42. The second-order valence-corrected chi connectivity index (χ2v) is 7.04. The fourth-order valence-corrected chi connectivity index (χ4v) is 4.28. The quantitative estimate of drug-likeness (QED) is 0.883. The van der Waals surface area contributed by atoms with E-state index in [1.165, 1.54) is 4.88 Å². The van der Waals surface area contributed by atoms with Gasteiger partial charge in [-0.2, -0.15) is 0 Å². The van der Waals surface area contributed by atoms with E-state index >= 15 is 0 Å². The zero-order chi connectivity index (χ0) is 14.1. The summed E-state index contributed by atoms with van der Waals surface area (Å²) < 4.78 is 0. The first-order valence-corrected chi connectivity index (χ1v) is 8.30. The van der Waals surface area contributed by atoms with Crippen LogP contribution in [0.2, 0.25) is 0 Å². The lowest BCUT2D eigenvalue weighted by Gasteiger charge is -2.24. The van der Waals surface area contributed by atoms with Crippen LogP contribution in [0.1, 0.15) is 24.8 Å². The predicted octanol–water partition coefficient (Wildman–Crippen LogP) is 1.47. The maximum atomic E-state index is 12.2. The molecule has 4 nitrogen and oxygen atoms in total. The van der Waals surface area contributed by atoms with Crippen molar-refractivity contribution in [2.24, 2.45) is 11.8 Å². The molecule has 4 atom stereocenters. The minimum atomic E-state index is 0.113. The Morgan fingerprint density at radius 3 is 3.15 bits per heavy atom. The normalized spacial score (nSPS) is 31.2. The molecule has 1 amide bonds. The average molecular weight is 293 g/mol. The van der Waals surface area contributed by atoms with Crippen molar-refractivity contribution in [2.45, 2.75) is 25.9 Å². The summed E-state index contributed by atoms with van der Waals surface area (Å²) >= 11 is 1.69. The van der Waals surface area contributed by atoms with Gasteiger partial charge < -0.3 is 10.6 Å². The number of rotatable bonds is 4. The molecule has 0 radical (unpaired) electrons. The summed E-state index contributed by atoms with van der Waals surface area (Å²) in [4.78, 5) is 15.8. The highest BCUT2D eigenvalue weighted by molar-refractivity contribution is 7.10. The Morgan fingerprint density at radius 1 is 1.60 bits per heavy atom. The van der Waals surface area contributed by atoms with Crippen molar-refractivity contribution in [3.8, 4) is 0 Å². The van der Waals surface area contributed by atoms with Gasteiger partial charge in [0.25, 0.3) is 0 Å². The van der Waals surface area contributed by atoms with Crippen LogP contribution in [0.4, 0.5) is 0 Å². The second kappa shape index (κ2) is 5.84. The molecule has 1 aromatic heterocycles. The lowest BCUT2D eigenvalue weighted by molar-refractivity contribution is -0.123. The van der Waals surface area contributed by atoms with E-state index in [0.717, 1.165) is 31.5 Å². The number of hydrogen-bond donors (Lipinski definition) is 2. The average Bonchev–Trinajstić information content (AvgIpc) is 3.11. The van der Waals surface area contributed by atoms with Crippen LogP contribution < -0.4 is 10.6 Å². The summed E-state index contributed by atoms with van der Waals surface area (Å²) in [5.74, 6) is 1.59. The Morgan fingerprint density at radius 2 is 2.45 bits per heavy atom. The molecule has 2 saturated heterocycles. The molecule has 0 bridgehead atoms. The van der Waals surface area contributed by atoms with Crippen molar-refractivity contribution in [2.75, 3.05) is 26.2 Å². The first kappa shape index (κ1) is 14.0. The van der Waals surface area contributed by atoms with Crippen molar-refractivity contribution in [1.82, 2.24) is 15.5 Å². The Labute approximate surface area is 124 Å². The SMILES string of the molecule is CC(NC(=O)CN1CC2CNCC2C1C)c1cccs1. The van der Waals surface area contributed by atoms with E-state index < -0.39 is 0 Å². The van der Waals surface area contributed by atoms with Crippen molar-refractivity contribution < 1.29 is 4.79 Å². The molecule has 2 fully saturated rings. The molecule has 2 aliphatic heterocycles. The van der Waals surface area contributed by atoms with Crippen LogP contribution in [0.15, 0.2) is 17.5 Å². The highest BCUT2D eigenvalue weighted by atomic mass is 32.1. The van der Waals surface area contributed by atoms with Gasteiger partial charge in [0.2, 0.25) is 5.91 Å². The van der Waals surface area contributed by atoms with E-state index in [4.69, 9.17) is 0 Å². The molecule has 2 aliphatic rings.